The normalized spacial score (nSPS) is 28.1. The van der Waals surface area contributed by atoms with Gasteiger partial charge in [0.1, 0.15) is 0 Å². The van der Waals surface area contributed by atoms with Gasteiger partial charge in [-0.05, 0) is 49.1 Å². The maximum Gasteiger partial charge on any atom is 0.193 e. The van der Waals surface area contributed by atoms with Crippen LogP contribution in [-0.2, 0) is 10.2 Å². The van der Waals surface area contributed by atoms with Crippen molar-refractivity contribution in [2.24, 2.45) is 16.8 Å². The first-order valence-corrected chi connectivity index (χ1v) is 10.9. The summed E-state index contributed by atoms with van der Waals surface area (Å²) in [5, 5.41) is 4.58. The standard InChI is InChI=1S/C22H32ClN3O/c1-24-21(26-14-17-6-2-3-7-18(17)15-26)25-16-22(10-12-27-13-11-22)19-8-4-5-9-20(19)23/h4-5,8-9,17-18H,2-3,6-7,10-16H2,1H3,(H,24,25). The second kappa shape index (κ2) is 8.40. The van der Waals surface area contributed by atoms with E-state index < -0.39 is 0 Å². The minimum atomic E-state index is 0.0129. The molecule has 2 aliphatic heterocycles. The number of halogens is 1. The van der Waals surface area contributed by atoms with Gasteiger partial charge in [0.05, 0.1) is 0 Å². The van der Waals surface area contributed by atoms with Gasteiger partial charge < -0.3 is 15.0 Å². The highest BCUT2D eigenvalue weighted by atomic mass is 35.5. The zero-order valence-electron chi connectivity index (χ0n) is 16.4. The van der Waals surface area contributed by atoms with Crippen molar-refractivity contribution in [2.75, 3.05) is 39.9 Å². The lowest BCUT2D eigenvalue weighted by Crippen LogP contribution is -2.49. The SMILES string of the molecule is CN=C(NCC1(c2ccccc2Cl)CCOCC1)N1CC2CCCCC2C1. The molecule has 2 heterocycles. The molecule has 0 aromatic heterocycles. The molecule has 4 nitrogen and oxygen atoms in total. The van der Waals surface area contributed by atoms with Crippen LogP contribution in [0.15, 0.2) is 29.3 Å². The molecule has 0 amide bonds. The first-order chi connectivity index (χ1) is 13.2. The summed E-state index contributed by atoms with van der Waals surface area (Å²) in [5.74, 6) is 2.78. The van der Waals surface area contributed by atoms with Crippen LogP contribution in [0, 0.1) is 11.8 Å². The lowest BCUT2D eigenvalue weighted by atomic mass is 9.74. The molecule has 0 spiro atoms. The number of nitrogens with zero attached hydrogens (tertiary/aromatic N) is 2. The van der Waals surface area contributed by atoms with E-state index in [1.54, 1.807) is 0 Å². The Hall–Kier alpha value is -1.26. The maximum atomic E-state index is 6.60. The number of rotatable bonds is 3. The molecule has 27 heavy (non-hydrogen) atoms. The van der Waals surface area contributed by atoms with E-state index in [1.165, 1.54) is 31.2 Å². The Bertz CT molecular complexity index is 657. The third-order valence-electron chi connectivity index (χ3n) is 6.97. The largest absolute Gasteiger partial charge is 0.381 e. The van der Waals surface area contributed by atoms with Crippen molar-refractivity contribution in [3.8, 4) is 0 Å². The van der Waals surface area contributed by atoms with E-state index in [0.717, 1.165) is 68.5 Å². The summed E-state index contributed by atoms with van der Waals surface area (Å²) in [6.07, 6.45) is 7.56. The summed E-state index contributed by atoms with van der Waals surface area (Å²) in [6.45, 7) is 4.76. The minimum absolute atomic E-state index is 0.0129. The molecule has 1 N–H and O–H groups in total. The fraction of sp³-hybridized carbons (Fsp3) is 0.682. The Kier molecular flexibility index (Phi) is 5.93. The summed E-state index contributed by atoms with van der Waals surface area (Å²) in [5.41, 5.74) is 1.26. The molecule has 1 aliphatic carbocycles. The van der Waals surface area contributed by atoms with Crippen LogP contribution in [0.25, 0.3) is 0 Å². The van der Waals surface area contributed by atoms with E-state index in [2.05, 4.69) is 27.3 Å². The smallest absolute Gasteiger partial charge is 0.193 e. The number of fused-ring (bicyclic) bond motifs is 1. The second-order valence-corrected chi connectivity index (χ2v) is 8.89. The van der Waals surface area contributed by atoms with Crippen LogP contribution in [0.2, 0.25) is 5.02 Å². The fourth-order valence-electron chi connectivity index (χ4n) is 5.35. The van der Waals surface area contributed by atoms with Crippen molar-refractivity contribution in [2.45, 2.75) is 43.9 Å². The van der Waals surface area contributed by atoms with Crippen LogP contribution >= 0.6 is 11.6 Å². The lowest BCUT2D eigenvalue weighted by Gasteiger charge is -2.39. The maximum absolute atomic E-state index is 6.60. The highest BCUT2D eigenvalue weighted by molar-refractivity contribution is 6.31. The number of likely N-dealkylation sites (tertiary alicyclic amines) is 1. The molecule has 1 aromatic rings. The molecule has 148 valence electrons. The number of ether oxygens (including phenoxy) is 1. The van der Waals surface area contributed by atoms with E-state index in [-0.39, 0.29) is 5.41 Å². The zero-order valence-corrected chi connectivity index (χ0v) is 17.2. The average Bonchev–Trinajstić information content (AvgIpc) is 3.13. The van der Waals surface area contributed by atoms with Gasteiger partial charge in [-0.25, -0.2) is 0 Å². The molecule has 2 saturated heterocycles. The van der Waals surface area contributed by atoms with E-state index in [4.69, 9.17) is 16.3 Å². The molecule has 0 bridgehead atoms. The first-order valence-electron chi connectivity index (χ1n) is 10.5. The predicted molar refractivity (Wildman–Crippen MR) is 112 cm³/mol. The molecule has 5 heteroatoms. The molecule has 4 rings (SSSR count). The van der Waals surface area contributed by atoms with Crippen LogP contribution in [0.4, 0.5) is 0 Å². The topological polar surface area (TPSA) is 36.9 Å². The van der Waals surface area contributed by atoms with Gasteiger partial charge in [0.2, 0.25) is 0 Å². The Labute approximate surface area is 168 Å². The number of guanidine groups is 1. The molecule has 3 fully saturated rings. The summed E-state index contributed by atoms with van der Waals surface area (Å²) >= 11 is 6.60. The highest BCUT2D eigenvalue weighted by Gasteiger charge is 2.38. The van der Waals surface area contributed by atoms with Crippen molar-refractivity contribution in [3.63, 3.8) is 0 Å². The van der Waals surface area contributed by atoms with Crippen molar-refractivity contribution in [3.05, 3.63) is 34.9 Å². The van der Waals surface area contributed by atoms with Gasteiger partial charge in [-0.1, -0.05) is 42.6 Å². The third kappa shape index (κ3) is 3.97. The van der Waals surface area contributed by atoms with Gasteiger partial charge in [-0.3, -0.25) is 4.99 Å². The molecule has 0 radical (unpaired) electrons. The monoisotopic (exact) mass is 389 g/mol. The molecule has 3 aliphatic rings. The lowest BCUT2D eigenvalue weighted by molar-refractivity contribution is 0.0512. The summed E-state index contributed by atoms with van der Waals surface area (Å²) in [6, 6.07) is 8.30. The van der Waals surface area contributed by atoms with E-state index in [0.29, 0.717) is 0 Å². The second-order valence-electron chi connectivity index (χ2n) is 8.48. The average molecular weight is 390 g/mol. The predicted octanol–water partition coefficient (Wildman–Crippen LogP) is 4.09. The van der Waals surface area contributed by atoms with Crippen LogP contribution in [0.5, 0.6) is 0 Å². The van der Waals surface area contributed by atoms with Gasteiger partial charge in [-0.2, -0.15) is 0 Å². The molecular formula is C22H32ClN3O. The van der Waals surface area contributed by atoms with Gasteiger partial charge >= 0.3 is 0 Å². The molecular weight excluding hydrogens is 358 g/mol. The molecule has 1 aromatic carbocycles. The Balaban J connectivity index is 1.48. The van der Waals surface area contributed by atoms with Gasteiger partial charge in [0.15, 0.2) is 5.96 Å². The summed E-state index contributed by atoms with van der Waals surface area (Å²) in [4.78, 5) is 7.11. The van der Waals surface area contributed by atoms with E-state index >= 15 is 0 Å². The quantitative estimate of drug-likeness (QED) is 0.625. The van der Waals surface area contributed by atoms with E-state index in [1.807, 2.05) is 19.2 Å². The Morgan fingerprint density at radius 1 is 1.19 bits per heavy atom. The van der Waals surface area contributed by atoms with Crippen molar-refractivity contribution in [1.82, 2.24) is 10.2 Å². The highest BCUT2D eigenvalue weighted by Crippen LogP contribution is 2.39. The van der Waals surface area contributed by atoms with Crippen LogP contribution in [0.1, 0.15) is 44.1 Å². The van der Waals surface area contributed by atoms with Crippen LogP contribution < -0.4 is 5.32 Å². The number of nitrogens with one attached hydrogen (secondary N) is 1. The summed E-state index contributed by atoms with van der Waals surface area (Å²) in [7, 11) is 1.91. The number of aliphatic imine (C=N–C) groups is 1. The van der Waals surface area contributed by atoms with E-state index in [9.17, 15) is 0 Å². The minimum Gasteiger partial charge on any atom is -0.381 e. The molecule has 2 atom stereocenters. The Morgan fingerprint density at radius 3 is 2.48 bits per heavy atom. The number of hydrogen-bond acceptors (Lipinski definition) is 2. The third-order valence-corrected chi connectivity index (χ3v) is 7.30. The van der Waals surface area contributed by atoms with Crippen LogP contribution in [0.3, 0.4) is 0 Å². The van der Waals surface area contributed by atoms with Crippen molar-refractivity contribution < 1.29 is 4.74 Å². The zero-order chi connectivity index (χ0) is 18.7. The molecule has 1 saturated carbocycles. The van der Waals surface area contributed by atoms with Gasteiger partial charge in [0.25, 0.3) is 0 Å². The number of benzene rings is 1. The van der Waals surface area contributed by atoms with Gasteiger partial charge in [0, 0.05) is 50.3 Å². The van der Waals surface area contributed by atoms with Crippen LogP contribution in [-0.4, -0.2) is 50.8 Å². The summed E-state index contributed by atoms with van der Waals surface area (Å²) < 4.78 is 5.67. The molecule has 2 unspecified atom stereocenters. The number of hydrogen-bond donors (Lipinski definition) is 1. The van der Waals surface area contributed by atoms with Crippen molar-refractivity contribution >= 4 is 17.6 Å². The first kappa shape index (κ1) is 19.1. The Morgan fingerprint density at radius 2 is 1.85 bits per heavy atom. The fourth-order valence-corrected chi connectivity index (χ4v) is 5.69. The van der Waals surface area contributed by atoms with Gasteiger partial charge in [-0.15, -0.1) is 0 Å². The van der Waals surface area contributed by atoms with Crippen molar-refractivity contribution in [1.29, 1.82) is 0 Å².